The molecular formula is C20H27FN3O2Si. The molecule has 0 atom stereocenters. The fraction of sp³-hybridized carbons (Fsp3) is 0.500. The van der Waals surface area contributed by atoms with Gasteiger partial charge in [0.1, 0.15) is 5.82 Å². The van der Waals surface area contributed by atoms with Crippen molar-refractivity contribution in [2.24, 2.45) is 5.92 Å². The Morgan fingerprint density at radius 2 is 1.93 bits per heavy atom. The number of hydrogen-bond acceptors (Lipinski definition) is 5. The van der Waals surface area contributed by atoms with Crippen LogP contribution in [0.25, 0.3) is 11.1 Å². The normalized spacial score (nSPS) is 15.0. The van der Waals surface area contributed by atoms with Gasteiger partial charge in [0.05, 0.1) is 13.2 Å². The van der Waals surface area contributed by atoms with Gasteiger partial charge in [0.25, 0.3) is 0 Å². The van der Waals surface area contributed by atoms with Gasteiger partial charge < -0.3 is 14.5 Å². The Morgan fingerprint density at radius 1 is 1.22 bits per heavy atom. The monoisotopic (exact) mass is 388 g/mol. The van der Waals surface area contributed by atoms with Gasteiger partial charge in [0.15, 0.2) is 0 Å². The maximum atomic E-state index is 15.0. The van der Waals surface area contributed by atoms with Gasteiger partial charge in [-0.25, -0.2) is 14.4 Å². The fourth-order valence-electron chi connectivity index (χ4n) is 2.51. The summed E-state index contributed by atoms with van der Waals surface area (Å²) in [5.74, 6) is 0.236. The van der Waals surface area contributed by atoms with Crippen LogP contribution in [-0.2, 0) is 11.0 Å². The van der Waals surface area contributed by atoms with E-state index in [-0.39, 0.29) is 17.5 Å². The minimum atomic E-state index is -1.02. The van der Waals surface area contributed by atoms with E-state index in [1.54, 1.807) is 24.5 Å². The van der Waals surface area contributed by atoms with Crippen LogP contribution in [0.5, 0.6) is 6.01 Å². The number of ether oxygens (including phenoxy) is 1. The van der Waals surface area contributed by atoms with Gasteiger partial charge in [-0.15, -0.1) is 0 Å². The van der Waals surface area contributed by atoms with Gasteiger partial charge >= 0.3 is 6.01 Å². The van der Waals surface area contributed by atoms with Crippen molar-refractivity contribution in [1.29, 1.82) is 0 Å². The highest BCUT2D eigenvalue weighted by molar-refractivity contribution is 6.53. The Bertz CT molecular complexity index is 761. The van der Waals surface area contributed by atoms with Gasteiger partial charge in [-0.2, -0.15) is 0 Å². The van der Waals surface area contributed by atoms with Crippen LogP contribution in [-0.4, -0.2) is 38.7 Å². The largest absolute Gasteiger partial charge is 0.463 e. The highest BCUT2D eigenvalue weighted by Crippen LogP contribution is 2.29. The summed E-state index contributed by atoms with van der Waals surface area (Å²) in [4.78, 5) is 8.43. The maximum Gasteiger partial charge on any atom is 0.316 e. The predicted molar refractivity (Wildman–Crippen MR) is 105 cm³/mol. The fourth-order valence-corrected chi connectivity index (χ4v) is 3.31. The number of aromatic nitrogens is 2. The molecule has 1 N–H and O–H groups in total. The molecule has 145 valence electrons. The van der Waals surface area contributed by atoms with Crippen molar-refractivity contribution >= 4 is 9.04 Å². The summed E-state index contributed by atoms with van der Waals surface area (Å²) < 4.78 is 26.5. The second-order valence-corrected chi connectivity index (χ2v) is 10.9. The zero-order chi connectivity index (χ0) is 19.4. The molecule has 1 aliphatic heterocycles. The molecule has 0 spiro atoms. The molecule has 1 radical (unpaired) electrons. The van der Waals surface area contributed by atoms with Crippen molar-refractivity contribution in [3.63, 3.8) is 0 Å². The molecule has 2 aromatic rings. The smallest absolute Gasteiger partial charge is 0.316 e. The predicted octanol–water partition coefficient (Wildman–Crippen LogP) is 3.82. The van der Waals surface area contributed by atoms with Crippen LogP contribution in [0.1, 0.15) is 26.3 Å². The number of benzene rings is 1. The molecule has 0 aliphatic carbocycles. The third-order valence-electron chi connectivity index (χ3n) is 4.83. The van der Waals surface area contributed by atoms with Gasteiger partial charge in [-0.3, -0.25) is 0 Å². The number of hydrogen-bond donors (Lipinski definition) is 1. The van der Waals surface area contributed by atoms with Crippen molar-refractivity contribution in [1.82, 2.24) is 15.3 Å². The van der Waals surface area contributed by atoms with Crippen LogP contribution < -0.4 is 10.1 Å². The molecule has 1 aromatic heterocycles. The molecule has 2 heterocycles. The minimum Gasteiger partial charge on any atom is -0.463 e. The topological polar surface area (TPSA) is 56.3 Å². The van der Waals surface area contributed by atoms with E-state index < -0.39 is 9.04 Å². The quantitative estimate of drug-likeness (QED) is 0.731. The van der Waals surface area contributed by atoms with Crippen LogP contribution in [0.3, 0.4) is 0 Å². The number of nitrogens with one attached hydrogen (secondary N) is 1. The SMILES string of the molecule is C[Si](OCc1cccc(-c2cnc(OCC3CNC3)nc2)c1F)C(C)(C)C. The lowest BCUT2D eigenvalue weighted by Gasteiger charge is -2.26. The summed E-state index contributed by atoms with van der Waals surface area (Å²) in [5, 5.41) is 3.30. The summed E-state index contributed by atoms with van der Waals surface area (Å²) >= 11 is 0. The van der Waals surface area contributed by atoms with Crippen molar-refractivity contribution in [2.45, 2.75) is 39.0 Å². The number of nitrogens with zero attached hydrogens (tertiary/aromatic N) is 2. The van der Waals surface area contributed by atoms with E-state index in [4.69, 9.17) is 9.16 Å². The van der Waals surface area contributed by atoms with Crippen LogP contribution in [0.2, 0.25) is 11.6 Å². The molecule has 27 heavy (non-hydrogen) atoms. The van der Waals surface area contributed by atoms with E-state index >= 15 is 0 Å². The van der Waals surface area contributed by atoms with Crippen molar-refractivity contribution in [3.05, 3.63) is 42.0 Å². The lowest BCUT2D eigenvalue weighted by Crippen LogP contribution is -2.45. The molecule has 1 aromatic carbocycles. The van der Waals surface area contributed by atoms with Crippen LogP contribution in [0.4, 0.5) is 4.39 Å². The summed E-state index contributed by atoms with van der Waals surface area (Å²) in [6.45, 7) is 11.4. The zero-order valence-corrected chi connectivity index (χ0v) is 17.4. The summed E-state index contributed by atoms with van der Waals surface area (Å²) in [6.07, 6.45) is 3.21. The van der Waals surface area contributed by atoms with Gasteiger partial charge in [0, 0.05) is 48.1 Å². The lowest BCUT2D eigenvalue weighted by molar-refractivity contribution is 0.187. The molecule has 1 fully saturated rings. The highest BCUT2D eigenvalue weighted by atomic mass is 28.3. The van der Waals surface area contributed by atoms with E-state index in [0.717, 1.165) is 13.1 Å². The Morgan fingerprint density at radius 3 is 2.52 bits per heavy atom. The van der Waals surface area contributed by atoms with Gasteiger partial charge in [-0.1, -0.05) is 39.0 Å². The van der Waals surface area contributed by atoms with Crippen LogP contribution in [0, 0.1) is 11.7 Å². The Kier molecular flexibility index (Phi) is 6.24. The first kappa shape index (κ1) is 19.9. The van der Waals surface area contributed by atoms with E-state index in [1.165, 1.54) is 0 Å². The van der Waals surface area contributed by atoms with Gasteiger partial charge in [0.2, 0.25) is 9.04 Å². The Labute approximate surface area is 162 Å². The number of rotatable bonds is 7. The third kappa shape index (κ3) is 5.12. The Hall–Kier alpha value is -1.83. The standard InChI is InChI=1S/C20H27FN3O2Si/c1-20(2,3)27(4)26-13-15-6-5-7-17(18(15)21)16-10-23-19(24-11-16)25-12-14-8-22-9-14/h5-7,10-11,14,22H,8-9,12-13H2,1-4H3. The molecule has 3 rings (SSSR count). The van der Waals surface area contributed by atoms with Crippen molar-refractivity contribution in [3.8, 4) is 17.1 Å². The van der Waals surface area contributed by atoms with E-state index in [1.807, 2.05) is 6.07 Å². The third-order valence-corrected chi connectivity index (χ3v) is 7.52. The zero-order valence-electron chi connectivity index (χ0n) is 16.4. The molecule has 0 unspecified atom stereocenters. The molecule has 0 saturated carbocycles. The highest BCUT2D eigenvalue weighted by Gasteiger charge is 2.24. The second-order valence-electron chi connectivity index (χ2n) is 7.96. The average Bonchev–Trinajstić information content (AvgIpc) is 2.59. The number of halogens is 1. The first-order valence-electron chi connectivity index (χ1n) is 9.24. The molecule has 0 amide bonds. The molecule has 0 bridgehead atoms. The first-order chi connectivity index (χ1) is 12.8. The van der Waals surface area contributed by atoms with E-state index in [9.17, 15) is 4.39 Å². The lowest BCUT2D eigenvalue weighted by atomic mass is 10.1. The maximum absolute atomic E-state index is 15.0. The van der Waals surface area contributed by atoms with E-state index in [2.05, 4.69) is 42.6 Å². The first-order valence-corrected chi connectivity index (χ1v) is 11.2. The van der Waals surface area contributed by atoms with Crippen LogP contribution >= 0.6 is 0 Å². The Balaban J connectivity index is 1.67. The van der Waals surface area contributed by atoms with E-state index in [0.29, 0.717) is 35.2 Å². The van der Waals surface area contributed by atoms with Crippen molar-refractivity contribution < 1.29 is 13.6 Å². The summed E-state index contributed by atoms with van der Waals surface area (Å²) in [6, 6.07) is 5.67. The molecular weight excluding hydrogens is 361 g/mol. The summed E-state index contributed by atoms with van der Waals surface area (Å²) in [7, 11) is -1.02. The molecule has 7 heteroatoms. The minimum absolute atomic E-state index is 0.109. The molecule has 1 saturated heterocycles. The molecule has 5 nitrogen and oxygen atoms in total. The van der Waals surface area contributed by atoms with Crippen LogP contribution in [0.15, 0.2) is 30.6 Å². The summed E-state index contributed by atoms with van der Waals surface area (Å²) in [5.41, 5.74) is 1.66. The van der Waals surface area contributed by atoms with Crippen molar-refractivity contribution in [2.75, 3.05) is 19.7 Å². The average molecular weight is 389 g/mol. The molecule has 1 aliphatic rings. The van der Waals surface area contributed by atoms with Gasteiger partial charge in [-0.05, 0) is 11.6 Å². The second kappa shape index (κ2) is 8.46.